The van der Waals surface area contributed by atoms with E-state index in [-0.39, 0.29) is 0 Å². The summed E-state index contributed by atoms with van der Waals surface area (Å²) in [6.07, 6.45) is 0. The standard InChI is InChI=1S/H6OSi3/c1-2-4-3-1/h2-4H2. The van der Waals surface area contributed by atoms with Crippen molar-refractivity contribution >= 4 is 27.1 Å². The van der Waals surface area contributed by atoms with Gasteiger partial charge < -0.3 is 4.12 Å². The third-order valence-corrected chi connectivity index (χ3v) is 15.6. The highest BCUT2D eigenvalue weighted by molar-refractivity contribution is 7.34. The minimum Gasteiger partial charge on any atom is -0.471 e. The fraction of sp³-hybridized carbons (Fsp3) is 0. The molecule has 1 heterocycles. The van der Waals surface area contributed by atoms with Crippen molar-refractivity contribution in [3.05, 3.63) is 0 Å². The van der Waals surface area contributed by atoms with Crippen molar-refractivity contribution in [2.24, 2.45) is 0 Å². The Morgan fingerprint density at radius 2 is 1.50 bits per heavy atom. The van der Waals surface area contributed by atoms with Gasteiger partial charge in [0.05, 0.1) is 8.55 Å². The third-order valence-electron chi connectivity index (χ3n) is 0.577. The number of hydrogen-bond acceptors (Lipinski definition) is 1. The quantitative estimate of drug-likeness (QED) is 0.303. The molecule has 24 valence electrons. The van der Waals surface area contributed by atoms with Crippen LogP contribution in [0.4, 0.5) is 0 Å². The molecule has 0 amide bonds. The minimum absolute atomic E-state index is 0.306. The Balaban J connectivity index is 2.00. The van der Waals surface area contributed by atoms with E-state index in [1.165, 1.54) is 0 Å². The summed E-state index contributed by atoms with van der Waals surface area (Å²) in [5.41, 5.74) is 0. The predicted octanol–water partition coefficient (Wildman–Crippen LogP) is -2.82. The molecule has 0 aromatic rings. The van der Waals surface area contributed by atoms with Crippen LogP contribution in [0.1, 0.15) is 0 Å². The van der Waals surface area contributed by atoms with Crippen LogP contribution in [0.5, 0.6) is 0 Å². The highest BCUT2D eigenvalue weighted by atomic mass is 29.6. The van der Waals surface area contributed by atoms with E-state index in [2.05, 4.69) is 0 Å². The Labute approximate surface area is 32.0 Å². The van der Waals surface area contributed by atoms with Crippen molar-refractivity contribution in [3.63, 3.8) is 0 Å². The van der Waals surface area contributed by atoms with E-state index >= 15 is 0 Å². The normalized spacial score (nSPS) is 42.0. The molecule has 0 aromatic heterocycles. The van der Waals surface area contributed by atoms with Crippen LogP contribution in [0.15, 0.2) is 0 Å². The molecule has 0 aliphatic carbocycles. The van der Waals surface area contributed by atoms with Gasteiger partial charge in [-0.2, -0.15) is 0 Å². The SMILES string of the molecule is O1[SiH2][SiH2][SiH2]1. The van der Waals surface area contributed by atoms with Gasteiger partial charge in [0.1, 0.15) is 18.6 Å². The van der Waals surface area contributed by atoms with Crippen molar-refractivity contribution in [2.45, 2.75) is 0 Å². The first kappa shape index (κ1) is 2.83. The van der Waals surface area contributed by atoms with Crippen molar-refractivity contribution in [1.29, 1.82) is 0 Å². The molecule has 1 rings (SSSR count). The number of hydrogen-bond donors (Lipinski definition) is 0. The van der Waals surface area contributed by atoms with Crippen LogP contribution >= 0.6 is 0 Å². The Morgan fingerprint density at radius 3 is 1.50 bits per heavy atom. The van der Waals surface area contributed by atoms with Gasteiger partial charge in [0.25, 0.3) is 0 Å². The van der Waals surface area contributed by atoms with E-state index in [0.29, 0.717) is 27.1 Å². The zero-order valence-corrected chi connectivity index (χ0v) is 6.77. The van der Waals surface area contributed by atoms with Gasteiger partial charge in [0.2, 0.25) is 0 Å². The highest BCUT2D eigenvalue weighted by Crippen LogP contribution is 1.71. The molecule has 1 aliphatic rings. The van der Waals surface area contributed by atoms with Crippen LogP contribution in [0, 0.1) is 0 Å². The van der Waals surface area contributed by atoms with Crippen LogP contribution in [0.2, 0.25) is 0 Å². The predicted molar refractivity (Wildman–Crippen MR) is 26.7 cm³/mol. The van der Waals surface area contributed by atoms with Crippen LogP contribution in [-0.2, 0) is 4.12 Å². The van der Waals surface area contributed by atoms with Crippen LogP contribution < -0.4 is 0 Å². The van der Waals surface area contributed by atoms with Gasteiger partial charge in [0.15, 0.2) is 0 Å². The maximum atomic E-state index is 5.06. The minimum atomic E-state index is 0.306. The van der Waals surface area contributed by atoms with Gasteiger partial charge in [-0.3, -0.25) is 0 Å². The second kappa shape index (κ2) is 1.16. The van der Waals surface area contributed by atoms with Gasteiger partial charge in [-0.1, -0.05) is 0 Å². The summed E-state index contributed by atoms with van der Waals surface area (Å²) in [6.45, 7) is 0. The first-order chi connectivity index (χ1) is 2.00. The monoisotopic (exact) mass is 106 g/mol. The molecule has 0 radical (unpaired) electrons. The van der Waals surface area contributed by atoms with Crippen LogP contribution in [0.25, 0.3) is 0 Å². The van der Waals surface area contributed by atoms with Gasteiger partial charge in [-0.25, -0.2) is 0 Å². The topological polar surface area (TPSA) is 9.23 Å². The van der Waals surface area contributed by atoms with E-state index in [1.54, 1.807) is 0 Å². The first-order valence-corrected chi connectivity index (χ1v) is 10.7. The largest absolute Gasteiger partial charge is 0.471 e. The summed E-state index contributed by atoms with van der Waals surface area (Å²) in [7, 11) is 1.27. The van der Waals surface area contributed by atoms with E-state index in [9.17, 15) is 0 Å². The molecule has 0 aromatic carbocycles. The van der Waals surface area contributed by atoms with E-state index in [4.69, 9.17) is 4.12 Å². The van der Waals surface area contributed by atoms with Gasteiger partial charge >= 0.3 is 0 Å². The van der Waals surface area contributed by atoms with Crippen molar-refractivity contribution in [2.75, 3.05) is 0 Å². The van der Waals surface area contributed by atoms with Gasteiger partial charge in [-0.15, -0.1) is 0 Å². The molecule has 1 fully saturated rings. The Bertz CT molecular complexity index is 11.2. The highest BCUT2D eigenvalue weighted by Gasteiger charge is 1.98. The lowest BCUT2D eigenvalue weighted by atomic mass is 15.8. The van der Waals surface area contributed by atoms with E-state index in [1.807, 2.05) is 0 Å². The maximum absolute atomic E-state index is 5.06. The average molecular weight is 106 g/mol. The van der Waals surface area contributed by atoms with Crippen molar-refractivity contribution < 1.29 is 4.12 Å². The first-order valence-electron chi connectivity index (χ1n) is 1.58. The summed E-state index contributed by atoms with van der Waals surface area (Å²) >= 11 is 0. The second-order valence-electron chi connectivity index (χ2n) is 0.966. The lowest BCUT2D eigenvalue weighted by molar-refractivity contribution is 0.660. The van der Waals surface area contributed by atoms with Crippen molar-refractivity contribution in [3.8, 4) is 0 Å². The molecule has 0 N–H and O–H groups in total. The Hall–Kier alpha value is 0.611. The molecule has 0 unspecified atom stereocenters. The second-order valence-corrected chi connectivity index (χ2v) is 15.1. The zero-order valence-electron chi connectivity index (χ0n) is 2.53. The summed E-state index contributed by atoms with van der Waals surface area (Å²) in [5, 5.41) is 0. The lowest BCUT2D eigenvalue weighted by Crippen LogP contribution is -2.31. The molecular weight excluding hydrogens is 100 g/mol. The molecule has 1 nitrogen and oxygen atoms in total. The summed E-state index contributed by atoms with van der Waals surface area (Å²) in [6, 6.07) is 0. The fourth-order valence-electron chi connectivity index (χ4n) is 0.144. The maximum Gasteiger partial charge on any atom is 0.126 e. The van der Waals surface area contributed by atoms with Crippen LogP contribution in [0.3, 0.4) is 0 Å². The van der Waals surface area contributed by atoms with E-state index < -0.39 is 0 Å². The summed E-state index contributed by atoms with van der Waals surface area (Å²) < 4.78 is 5.06. The zero-order chi connectivity index (χ0) is 2.83. The molecule has 1 aliphatic heterocycles. The molecular formula is H6OSi3. The molecule has 4 heteroatoms. The third kappa shape index (κ3) is 0.319. The van der Waals surface area contributed by atoms with Gasteiger partial charge in [0, 0.05) is 0 Å². The molecule has 0 bridgehead atoms. The smallest absolute Gasteiger partial charge is 0.126 e. The molecule has 1 saturated heterocycles. The van der Waals surface area contributed by atoms with Gasteiger partial charge in [-0.05, 0) is 0 Å². The average Bonchev–Trinajstić information content (AvgIpc) is 0.722. The lowest BCUT2D eigenvalue weighted by Gasteiger charge is -2.07. The Morgan fingerprint density at radius 1 is 1.25 bits per heavy atom. The van der Waals surface area contributed by atoms with Crippen molar-refractivity contribution in [1.82, 2.24) is 0 Å². The Kier molecular flexibility index (Phi) is 0.818. The summed E-state index contributed by atoms with van der Waals surface area (Å²) in [5.74, 6) is 0. The molecule has 0 spiro atoms. The summed E-state index contributed by atoms with van der Waals surface area (Å²) in [4.78, 5) is 0. The number of rotatable bonds is 0. The molecule has 4 heavy (non-hydrogen) atoms. The van der Waals surface area contributed by atoms with Crippen LogP contribution in [-0.4, -0.2) is 27.1 Å². The van der Waals surface area contributed by atoms with E-state index in [0.717, 1.165) is 0 Å². The molecule has 0 atom stereocenters. The fourth-order valence-corrected chi connectivity index (χ4v) is 3.90. The molecule has 0 saturated carbocycles.